The summed E-state index contributed by atoms with van der Waals surface area (Å²) >= 11 is 0. The number of nitrogens with zero attached hydrogens (tertiary/aromatic N) is 4. The summed E-state index contributed by atoms with van der Waals surface area (Å²) in [5.74, 6) is 1.66. The van der Waals surface area contributed by atoms with E-state index in [4.69, 9.17) is 0 Å². The second-order valence-corrected chi connectivity index (χ2v) is 7.50. The molecule has 0 radical (unpaired) electrons. The van der Waals surface area contributed by atoms with E-state index in [1.54, 1.807) is 4.52 Å². The van der Waals surface area contributed by atoms with Crippen LogP contribution >= 0.6 is 0 Å². The van der Waals surface area contributed by atoms with Gasteiger partial charge < -0.3 is 5.32 Å². The largest absolute Gasteiger partial charge is 0.362 e. The normalized spacial score (nSPS) is 19.7. The van der Waals surface area contributed by atoms with Crippen molar-refractivity contribution in [3.8, 4) is 0 Å². The fourth-order valence-electron chi connectivity index (χ4n) is 3.62. The Morgan fingerprint density at radius 2 is 1.96 bits per heavy atom. The van der Waals surface area contributed by atoms with Gasteiger partial charge >= 0.3 is 0 Å². The van der Waals surface area contributed by atoms with Gasteiger partial charge in [-0.15, -0.1) is 15.3 Å². The van der Waals surface area contributed by atoms with Crippen LogP contribution in [0.4, 0.5) is 5.82 Å². The van der Waals surface area contributed by atoms with Crippen molar-refractivity contribution in [1.82, 2.24) is 19.8 Å². The molecule has 2 aromatic heterocycles. The minimum absolute atomic E-state index is 0.264. The molecular weight excluding hydrogens is 298 g/mol. The third-order valence-corrected chi connectivity index (χ3v) is 5.00. The van der Waals surface area contributed by atoms with Gasteiger partial charge in [-0.25, -0.2) is 0 Å². The Bertz CT molecular complexity index is 880. The van der Waals surface area contributed by atoms with Crippen molar-refractivity contribution in [3.05, 3.63) is 53.3 Å². The van der Waals surface area contributed by atoms with Gasteiger partial charge in [0.2, 0.25) is 0 Å². The van der Waals surface area contributed by atoms with Gasteiger partial charge in [0.15, 0.2) is 11.5 Å². The lowest BCUT2D eigenvalue weighted by molar-refractivity contribution is 0.300. The van der Waals surface area contributed by atoms with Crippen molar-refractivity contribution in [3.63, 3.8) is 0 Å². The lowest BCUT2D eigenvalue weighted by Gasteiger charge is -2.28. The summed E-state index contributed by atoms with van der Waals surface area (Å²) < 4.78 is 1.79. The third-order valence-electron chi connectivity index (χ3n) is 5.00. The first-order valence-electron chi connectivity index (χ1n) is 8.55. The van der Waals surface area contributed by atoms with E-state index in [-0.39, 0.29) is 6.04 Å². The van der Waals surface area contributed by atoms with Gasteiger partial charge in [0.05, 0.1) is 6.04 Å². The highest BCUT2D eigenvalue weighted by Gasteiger charge is 2.29. The van der Waals surface area contributed by atoms with E-state index in [0.29, 0.717) is 5.41 Å². The predicted molar refractivity (Wildman–Crippen MR) is 95.0 cm³/mol. The molecule has 3 aromatic rings. The summed E-state index contributed by atoms with van der Waals surface area (Å²) in [4.78, 5) is 0. The van der Waals surface area contributed by atoms with Crippen molar-refractivity contribution in [1.29, 1.82) is 0 Å². The van der Waals surface area contributed by atoms with Crippen LogP contribution in [0.5, 0.6) is 0 Å². The average molecular weight is 321 g/mol. The van der Waals surface area contributed by atoms with E-state index in [9.17, 15) is 0 Å². The molecule has 1 N–H and O–H groups in total. The highest BCUT2D eigenvalue weighted by Crippen LogP contribution is 2.40. The number of hydrogen-bond acceptors (Lipinski definition) is 4. The first-order valence-corrected chi connectivity index (χ1v) is 8.55. The standard InChI is InChI=1S/C19H23N5/c1-13-21-22-18-9-8-17(23-24(13)18)20-16-12-19(2,3)11-10-14-6-4-5-7-15(14)16/h4-9,16H,10-12H2,1-3H3,(H,20,23)/t16-/m0/s1. The van der Waals surface area contributed by atoms with Crippen LogP contribution in [0.1, 0.15) is 49.7 Å². The summed E-state index contributed by atoms with van der Waals surface area (Å²) in [6, 6.07) is 13.0. The van der Waals surface area contributed by atoms with Crippen molar-refractivity contribution < 1.29 is 0 Å². The van der Waals surface area contributed by atoms with Crippen molar-refractivity contribution >= 4 is 11.5 Å². The van der Waals surface area contributed by atoms with E-state index in [0.717, 1.165) is 30.1 Å². The van der Waals surface area contributed by atoms with Crippen LogP contribution in [0.2, 0.25) is 0 Å². The molecule has 0 amide bonds. The molecule has 5 heteroatoms. The van der Waals surface area contributed by atoms with E-state index in [2.05, 4.69) is 58.7 Å². The Kier molecular flexibility index (Phi) is 3.52. The Morgan fingerprint density at radius 3 is 2.83 bits per heavy atom. The first-order chi connectivity index (χ1) is 11.5. The molecule has 1 aliphatic carbocycles. The molecule has 1 aliphatic rings. The number of benzene rings is 1. The van der Waals surface area contributed by atoms with Gasteiger partial charge in [-0.2, -0.15) is 4.52 Å². The van der Waals surface area contributed by atoms with Crippen molar-refractivity contribution in [2.24, 2.45) is 5.41 Å². The minimum Gasteiger partial charge on any atom is -0.362 e. The summed E-state index contributed by atoms with van der Waals surface area (Å²) in [5.41, 5.74) is 3.92. The van der Waals surface area contributed by atoms with Crippen LogP contribution < -0.4 is 5.32 Å². The maximum atomic E-state index is 4.66. The van der Waals surface area contributed by atoms with E-state index in [1.165, 1.54) is 17.5 Å². The topological polar surface area (TPSA) is 55.1 Å². The number of aryl methyl sites for hydroxylation is 2. The van der Waals surface area contributed by atoms with E-state index in [1.807, 2.05) is 19.1 Å². The zero-order chi connectivity index (χ0) is 16.7. The maximum Gasteiger partial charge on any atom is 0.178 e. The molecule has 1 aromatic carbocycles. The molecule has 0 unspecified atom stereocenters. The van der Waals surface area contributed by atoms with Crippen molar-refractivity contribution in [2.45, 2.75) is 46.1 Å². The quantitative estimate of drug-likeness (QED) is 0.726. The molecule has 0 saturated carbocycles. The Hall–Kier alpha value is -2.43. The van der Waals surface area contributed by atoms with Crippen LogP contribution in [-0.2, 0) is 6.42 Å². The zero-order valence-corrected chi connectivity index (χ0v) is 14.5. The molecule has 0 fully saturated rings. The Balaban J connectivity index is 1.71. The number of aromatic nitrogens is 4. The predicted octanol–water partition coefficient (Wildman–Crippen LogP) is 3.95. The number of rotatable bonds is 2. The fraction of sp³-hybridized carbons (Fsp3) is 0.421. The second kappa shape index (κ2) is 5.58. The Labute approximate surface area is 142 Å². The second-order valence-electron chi connectivity index (χ2n) is 7.50. The number of hydrogen-bond donors (Lipinski definition) is 1. The zero-order valence-electron chi connectivity index (χ0n) is 14.5. The Morgan fingerprint density at radius 1 is 1.12 bits per heavy atom. The highest BCUT2D eigenvalue weighted by molar-refractivity contribution is 5.46. The first kappa shape index (κ1) is 15.1. The van der Waals surface area contributed by atoms with E-state index >= 15 is 0 Å². The number of fused-ring (bicyclic) bond motifs is 2. The summed E-state index contributed by atoms with van der Waals surface area (Å²) in [6.45, 7) is 6.63. The average Bonchev–Trinajstić information content (AvgIpc) is 2.87. The maximum absolute atomic E-state index is 4.66. The van der Waals surface area contributed by atoms with E-state index < -0.39 is 0 Å². The molecule has 4 rings (SSSR count). The highest BCUT2D eigenvalue weighted by atomic mass is 15.4. The fourth-order valence-corrected chi connectivity index (χ4v) is 3.62. The van der Waals surface area contributed by atoms with Crippen molar-refractivity contribution in [2.75, 3.05) is 5.32 Å². The number of anilines is 1. The molecule has 0 saturated heterocycles. The van der Waals surface area contributed by atoms with Crippen LogP contribution in [0.25, 0.3) is 5.65 Å². The molecule has 124 valence electrons. The van der Waals surface area contributed by atoms with Crippen LogP contribution in [0, 0.1) is 12.3 Å². The monoisotopic (exact) mass is 321 g/mol. The summed E-state index contributed by atoms with van der Waals surface area (Å²) in [6.07, 6.45) is 3.43. The molecule has 2 heterocycles. The SMILES string of the molecule is Cc1nnc2ccc(N[C@H]3CC(C)(C)CCc4ccccc43)nn12. The van der Waals surface area contributed by atoms with Gasteiger partial charge in [-0.1, -0.05) is 38.1 Å². The molecule has 0 aliphatic heterocycles. The van der Waals surface area contributed by atoms with Gasteiger partial charge in [-0.05, 0) is 54.9 Å². The summed E-state index contributed by atoms with van der Waals surface area (Å²) in [7, 11) is 0. The molecule has 24 heavy (non-hydrogen) atoms. The van der Waals surface area contributed by atoms with Crippen LogP contribution in [-0.4, -0.2) is 19.8 Å². The van der Waals surface area contributed by atoms with Gasteiger partial charge in [0.1, 0.15) is 5.82 Å². The van der Waals surface area contributed by atoms with Gasteiger partial charge in [-0.3, -0.25) is 0 Å². The molecule has 1 atom stereocenters. The molecule has 0 spiro atoms. The molecule has 0 bridgehead atoms. The third kappa shape index (κ3) is 2.75. The minimum atomic E-state index is 0.264. The van der Waals surface area contributed by atoms with Crippen LogP contribution in [0.15, 0.2) is 36.4 Å². The van der Waals surface area contributed by atoms with Gasteiger partial charge in [0.25, 0.3) is 0 Å². The number of nitrogens with one attached hydrogen (secondary N) is 1. The lowest BCUT2D eigenvalue weighted by atomic mass is 9.83. The van der Waals surface area contributed by atoms with Gasteiger partial charge in [0, 0.05) is 0 Å². The smallest absolute Gasteiger partial charge is 0.178 e. The van der Waals surface area contributed by atoms with Crippen LogP contribution in [0.3, 0.4) is 0 Å². The molecule has 5 nitrogen and oxygen atoms in total. The summed E-state index contributed by atoms with van der Waals surface area (Å²) in [5, 5.41) is 16.5. The lowest BCUT2D eigenvalue weighted by Crippen LogP contribution is -2.20. The molecular formula is C19H23N5.